The molecule has 5 aromatic rings. The van der Waals surface area contributed by atoms with E-state index in [1.54, 1.807) is 44.8 Å². The number of nitrogens with zero attached hydrogens (tertiary/aromatic N) is 2. The maximum Gasteiger partial charge on any atom is 0.257 e. The molecule has 10 heteroatoms. The predicted octanol–water partition coefficient (Wildman–Crippen LogP) is 5.46. The Labute approximate surface area is 215 Å². The molecule has 9 nitrogen and oxygen atoms in total. The third-order valence-electron chi connectivity index (χ3n) is 6.32. The lowest BCUT2D eigenvalue weighted by Crippen LogP contribution is -2.12. The van der Waals surface area contributed by atoms with Crippen molar-refractivity contribution in [3.05, 3.63) is 60.4 Å². The van der Waals surface area contributed by atoms with Gasteiger partial charge >= 0.3 is 0 Å². The van der Waals surface area contributed by atoms with Gasteiger partial charge in [-0.2, -0.15) is 0 Å². The second kappa shape index (κ2) is 9.21. The molecule has 0 unspecified atom stereocenters. The van der Waals surface area contributed by atoms with Gasteiger partial charge in [0.05, 0.1) is 30.0 Å². The van der Waals surface area contributed by atoms with Crippen molar-refractivity contribution in [3.63, 3.8) is 0 Å². The van der Waals surface area contributed by atoms with E-state index in [1.165, 1.54) is 11.3 Å². The number of aromatic nitrogens is 3. The van der Waals surface area contributed by atoms with E-state index >= 15 is 0 Å². The summed E-state index contributed by atoms with van der Waals surface area (Å²) in [4.78, 5) is 37.4. The van der Waals surface area contributed by atoms with Crippen LogP contribution in [0.1, 0.15) is 23.2 Å². The summed E-state index contributed by atoms with van der Waals surface area (Å²) in [5, 5.41) is 7.15. The molecule has 1 aliphatic rings. The Morgan fingerprint density at radius 1 is 1.00 bits per heavy atom. The standard InChI is InChI=1S/C27H23N5O4S/c1-35-21-8-6-17(11-22(21)36-2)30-26(34)19-13-29-24-18(19)9-16(12-28-24)15-5-7-20-23(10-15)37-27(31-20)32-25(33)14-3-4-14/h5-14H,3-4H2,1-2H3,(H,28,29)(H,30,34)(H,31,32,33). The van der Waals surface area contributed by atoms with E-state index in [0.717, 1.165) is 34.2 Å². The molecule has 0 saturated heterocycles. The molecule has 6 rings (SSSR count). The van der Waals surface area contributed by atoms with Gasteiger partial charge in [-0.1, -0.05) is 17.4 Å². The predicted molar refractivity (Wildman–Crippen MR) is 144 cm³/mol. The summed E-state index contributed by atoms with van der Waals surface area (Å²) >= 11 is 1.45. The first-order chi connectivity index (χ1) is 18.0. The molecule has 186 valence electrons. The van der Waals surface area contributed by atoms with Crippen LogP contribution in [-0.4, -0.2) is 41.0 Å². The first-order valence-corrected chi connectivity index (χ1v) is 12.6. The number of fused-ring (bicyclic) bond motifs is 2. The van der Waals surface area contributed by atoms with E-state index in [0.29, 0.717) is 38.9 Å². The van der Waals surface area contributed by atoms with Crippen LogP contribution in [0.3, 0.4) is 0 Å². The topological polar surface area (TPSA) is 118 Å². The summed E-state index contributed by atoms with van der Waals surface area (Å²) in [6.45, 7) is 0. The molecule has 0 atom stereocenters. The van der Waals surface area contributed by atoms with E-state index < -0.39 is 0 Å². The fourth-order valence-electron chi connectivity index (χ4n) is 4.17. The van der Waals surface area contributed by atoms with Gasteiger partial charge in [-0.05, 0) is 48.7 Å². The number of amides is 2. The van der Waals surface area contributed by atoms with Gasteiger partial charge in [0.25, 0.3) is 5.91 Å². The number of pyridine rings is 1. The van der Waals surface area contributed by atoms with Crippen LogP contribution in [0, 0.1) is 5.92 Å². The number of hydrogen-bond donors (Lipinski definition) is 3. The average molecular weight is 514 g/mol. The zero-order chi connectivity index (χ0) is 25.5. The van der Waals surface area contributed by atoms with Crippen LogP contribution in [0.2, 0.25) is 0 Å². The number of carbonyl (C=O) groups is 2. The Hall–Kier alpha value is -4.44. The number of nitrogens with one attached hydrogen (secondary N) is 3. The smallest absolute Gasteiger partial charge is 0.257 e. The largest absolute Gasteiger partial charge is 0.493 e. The van der Waals surface area contributed by atoms with E-state index in [9.17, 15) is 9.59 Å². The summed E-state index contributed by atoms with van der Waals surface area (Å²) in [5.41, 5.74) is 4.31. The second-order valence-electron chi connectivity index (χ2n) is 8.81. The molecule has 3 heterocycles. The number of carbonyl (C=O) groups excluding carboxylic acids is 2. The summed E-state index contributed by atoms with van der Waals surface area (Å²) < 4.78 is 11.6. The number of ether oxygens (including phenoxy) is 2. The zero-order valence-electron chi connectivity index (χ0n) is 20.1. The number of anilines is 2. The third-order valence-corrected chi connectivity index (χ3v) is 7.25. The van der Waals surface area contributed by atoms with Gasteiger partial charge in [-0.15, -0.1) is 0 Å². The molecule has 0 radical (unpaired) electrons. The molecule has 2 amide bonds. The van der Waals surface area contributed by atoms with E-state index in [-0.39, 0.29) is 17.7 Å². The van der Waals surface area contributed by atoms with Crippen LogP contribution in [-0.2, 0) is 4.79 Å². The van der Waals surface area contributed by atoms with Crippen LogP contribution < -0.4 is 20.1 Å². The molecular weight excluding hydrogens is 490 g/mol. The van der Waals surface area contributed by atoms with E-state index in [1.807, 2.05) is 24.3 Å². The number of methoxy groups -OCH3 is 2. The molecule has 0 spiro atoms. The van der Waals surface area contributed by atoms with Gasteiger partial charge in [-0.25, -0.2) is 9.97 Å². The quantitative estimate of drug-likeness (QED) is 0.266. The number of hydrogen-bond acceptors (Lipinski definition) is 7. The van der Waals surface area contributed by atoms with Crippen LogP contribution in [0.4, 0.5) is 10.8 Å². The number of thiazole rings is 1. The monoisotopic (exact) mass is 513 g/mol. The Morgan fingerprint density at radius 2 is 1.84 bits per heavy atom. The Morgan fingerprint density at radius 3 is 2.62 bits per heavy atom. The molecule has 1 saturated carbocycles. The third kappa shape index (κ3) is 4.47. The van der Waals surface area contributed by atoms with Gasteiger partial charge in [0, 0.05) is 41.0 Å². The van der Waals surface area contributed by atoms with Crippen molar-refractivity contribution < 1.29 is 19.1 Å². The highest BCUT2D eigenvalue weighted by molar-refractivity contribution is 7.22. The van der Waals surface area contributed by atoms with Gasteiger partial charge in [0.1, 0.15) is 5.65 Å². The fraction of sp³-hybridized carbons (Fsp3) is 0.185. The van der Waals surface area contributed by atoms with Crippen molar-refractivity contribution in [1.29, 1.82) is 0 Å². The summed E-state index contributed by atoms with van der Waals surface area (Å²) in [6.07, 6.45) is 5.32. The van der Waals surface area contributed by atoms with Crippen LogP contribution >= 0.6 is 11.3 Å². The molecule has 1 fully saturated rings. The van der Waals surface area contributed by atoms with Crippen LogP contribution in [0.15, 0.2) is 54.9 Å². The molecule has 0 aliphatic heterocycles. The SMILES string of the molecule is COc1ccc(NC(=O)c2c[nH]c3ncc(-c4ccc5nc(NC(=O)C6CC6)sc5c4)cc23)cc1OC. The Bertz CT molecular complexity index is 1670. The van der Waals surface area contributed by atoms with Crippen LogP contribution in [0.25, 0.3) is 32.4 Å². The molecular formula is C27H23N5O4S. The first-order valence-electron chi connectivity index (χ1n) is 11.7. The van der Waals surface area contributed by atoms with E-state index in [4.69, 9.17) is 9.47 Å². The fourth-order valence-corrected chi connectivity index (χ4v) is 5.08. The zero-order valence-corrected chi connectivity index (χ0v) is 20.9. The number of H-pyrrole nitrogens is 1. The molecule has 0 bridgehead atoms. The minimum absolute atomic E-state index is 0.0419. The summed E-state index contributed by atoms with van der Waals surface area (Å²) in [5.74, 6) is 1.00. The number of rotatable bonds is 7. The normalized spacial score (nSPS) is 13.0. The van der Waals surface area contributed by atoms with Crippen molar-refractivity contribution >= 4 is 55.2 Å². The first kappa shape index (κ1) is 23.0. The molecule has 3 aromatic heterocycles. The van der Waals surface area contributed by atoms with E-state index in [2.05, 4.69) is 25.6 Å². The molecule has 3 N–H and O–H groups in total. The van der Waals surface area contributed by atoms with Crippen molar-refractivity contribution in [2.45, 2.75) is 12.8 Å². The maximum absolute atomic E-state index is 13.1. The molecule has 37 heavy (non-hydrogen) atoms. The second-order valence-corrected chi connectivity index (χ2v) is 9.84. The lowest BCUT2D eigenvalue weighted by molar-refractivity contribution is -0.117. The number of aromatic amines is 1. The molecule has 1 aliphatic carbocycles. The van der Waals surface area contributed by atoms with Gasteiger partial charge in [0.15, 0.2) is 16.6 Å². The van der Waals surface area contributed by atoms with Crippen molar-refractivity contribution in [3.8, 4) is 22.6 Å². The van der Waals surface area contributed by atoms with Crippen molar-refractivity contribution in [2.75, 3.05) is 24.9 Å². The average Bonchev–Trinajstić information content (AvgIpc) is 3.56. The van der Waals surface area contributed by atoms with Crippen LogP contribution in [0.5, 0.6) is 11.5 Å². The maximum atomic E-state index is 13.1. The van der Waals surface area contributed by atoms with Gasteiger partial charge in [-0.3, -0.25) is 9.59 Å². The summed E-state index contributed by atoms with van der Waals surface area (Å²) in [6, 6.07) is 13.1. The highest BCUT2D eigenvalue weighted by Gasteiger charge is 2.30. The highest BCUT2D eigenvalue weighted by Crippen LogP contribution is 2.35. The van der Waals surface area contributed by atoms with Gasteiger partial charge < -0.3 is 25.1 Å². The lowest BCUT2D eigenvalue weighted by Gasteiger charge is -2.10. The Balaban J connectivity index is 1.28. The Kier molecular flexibility index (Phi) is 5.72. The minimum Gasteiger partial charge on any atom is -0.493 e. The number of benzene rings is 2. The highest BCUT2D eigenvalue weighted by atomic mass is 32.1. The van der Waals surface area contributed by atoms with Crippen molar-refractivity contribution in [1.82, 2.24) is 15.0 Å². The summed E-state index contributed by atoms with van der Waals surface area (Å²) in [7, 11) is 3.11. The minimum atomic E-state index is -0.272. The van der Waals surface area contributed by atoms with Gasteiger partial charge in [0.2, 0.25) is 5.91 Å². The molecule has 2 aromatic carbocycles. The lowest BCUT2D eigenvalue weighted by atomic mass is 10.1. The van der Waals surface area contributed by atoms with Crippen molar-refractivity contribution in [2.24, 2.45) is 5.92 Å².